The van der Waals surface area contributed by atoms with Gasteiger partial charge in [0.2, 0.25) is 5.95 Å². The Hall–Kier alpha value is -4.08. The molecule has 0 saturated carbocycles. The normalized spacial score (nSPS) is 12.4. The molecule has 1 unspecified atom stereocenters. The molecule has 0 radical (unpaired) electrons. The first kappa shape index (κ1) is 21.7. The number of likely N-dealkylation sites (N-methyl/N-ethyl adjacent to an activating group) is 1. The third-order valence-electron chi connectivity index (χ3n) is 5.30. The molecular formula is C25H25N7O2. The van der Waals surface area contributed by atoms with Gasteiger partial charge in [0.05, 0.1) is 11.9 Å². The Morgan fingerprint density at radius 2 is 1.82 bits per heavy atom. The highest BCUT2D eigenvalue weighted by atomic mass is 16.5. The largest absolute Gasteiger partial charge is 0.491 e. The lowest BCUT2D eigenvalue weighted by Gasteiger charge is -2.16. The number of benzene rings is 3. The van der Waals surface area contributed by atoms with Crippen LogP contribution in [0.2, 0.25) is 0 Å². The lowest BCUT2D eigenvalue weighted by molar-refractivity contribution is 0.0831. The van der Waals surface area contributed by atoms with E-state index in [4.69, 9.17) is 4.74 Å². The number of hydrogen-bond acceptors (Lipinski definition) is 8. The zero-order valence-corrected chi connectivity index (χ0v) is 19.0. The predicted octanol–water partition coefficient (Wildman–Crippen LogP) is 3.41. The maximum Gasteiger partial charge on any atom is 0.229 e. The van der Waals surface area contributed by atoms with Crippen molar-refractivity contribution in [2.75, 3.05) is 32.6 Å². The van der Waals surface area contributed by atoms with Crippen molar-refractivity contribution in [3.8, 4) is 11.4 Å². The fraction of sp³-hybridized carbons (Fsp3) is 0.200. The molecular weight excluding hydrogens is 430 g/mol. The van der Waals surface area contributed by atoms with Gasteiger partial charge in [-0.05, 0) is 61.3 Å². The summed E-state index contributed by atoms with van der Waals surface area (Å²) in [5.41, 5.74) is 2.91. The van der Waals surface area contributed by atoms with E-state index in [-0.39, 0.29) is 6.61 Å². The highest BCUT2D eigenvalue weighted by Crippen LogP contribution is 2.22. The van der Waals surface area contributed by atoms with Crippen LogP contribution in [0.4, 0.5) is 11.6 Å². The molecule has 0 bridgehead atoms. The Kier molecular flexibility index (Phi) is 6.03. The lowest BCUT2D eigenvalue weighted by Crippen LogP contribution is -2.30. The van der Waals surface area contributed by atoms with Crippen LogP contribution in [0.5, 0.6) is 5.75 Å². The number of aliphatic hydroxyl groups excluding tert-OH is 1. The molecule has 0 amide bonds. The molecule has 0 saturated heterocycles. The van der Waals surface area contributed by atoms with E-state index in [1.807, 2.05) is 61.5 Å². The fourth-order valence-corrected chi connectivity index (χ4v) is 3.70. The first-order chi connectivity index (χ1) is 16.5. The van der Waals surface area contributed by atoms with Crippen LogP contribution in [0.15, 0.2) is 72.9 Å². The number of anilines is 2. The Morgan fingerprint density at radius 3 is 2.62 bits per heavy atom. The third kappa shape index (κ3) is 4.80. The summed E-state index contributed by atoms with van der Waals surface area (Å²) in [6.45, 7) is 0.778. The van der Waals surface area contributed by atoms with Crippen LogP contribution in [0.3, 0.4) is 0 Å². The molecule has 0 aliphatic rings. The quantitative estimate of drug-likeness (QED) is 0.367. The molecule has 0 spiro atoms. The van der Waals surface area contributed by atoms with Crippen LogP contribution in [0.25, 0.3) is 27.6 Å². The minimum atomic E-state index is -0.547. The topological polar surface area (TPSA) is 101 Å². The van der Waals surface area contributed by atoms with Crippen molar-refractivity contribution in [1.29, 1.82) is 0 Å². The van der Waals surface area contributed by atoms with Crippen LogP contribution < -0.4 is 10.1 Å². The van der Waals surface area contributed by atoms with Gasteiger partial charge in [0, 0.05) is 12.2 Å². The van der Waals surface area contributed by atoms with Crippen molar-refractivity contribution in [1.82, 2.24) is 29.9 Å². The van der Waals surface area contributed by atoms with Gasteiger partial charge < -0.3 is 20.1 Å². The Labute approximate surface area is 196 Å². The van der Waals surface area contributed by atoms with E-state index in [0.717, 1.165) is 22.1 Å². The van der Waals surface area contributed by atoms with Gasteiger partial charge in [0.25, 0.3) is 0 Å². The smallest absolute Gasteiger partial charge is 0.229 e. The number of aliphatic hydroxyl groups is 1. The molecule has 0 aliphatic carbocycles. The Morgan fingerprint density at radius 1 is 1.03 bits per heavy atom. The number of ether oxygens (including phenoxy) is 1. The second kappa shape index (κ2) is 9.42. The minimum Gasteiger partial charge on any atom is -0.491 e. The summed E-state index contributed by atoms with van der Waals surface area (Å²) in [4.78, 5) is 10.9. The van der Waals surface area contributed by atoms with Crippen molar-refractivity contribution in [2.24, 2.45) is 0 Å². The maximum atomic E-state index is 9.95. The van der Waals surface area contributed by atoms with E-state index in [9.17, 15) is 5.11 Å². The molecule has 0 fully saturated rings. The second-order valence-electron chi connectivity index (χ2n) is 8.31. The van der Waals surface area contributed by atoms with E-state index in [1.54, 1.807) is 10.9 Å². The van der Waals surface area contributed by atoms with Crippen molar-refractivity contribution in [3.63, 3.8) is 0 Å². The summed E-state index contributed by atoms with van der Waals surface area (Å²) in [7, 11) is 3.82. The number of hydrogen-bond donors (Lipinski definition) is 2. The number of nitrogens with one attached hydrogen (secondary N) is 1. The SMILES string of the molecule is CN(C)CC(O)COc1ccc(Nc2ncc3nnn(-c4ccc5ccccc5c4)c3n2)cc1. The van der Waals surface area contributed by atoms with Crippen molar-refractivity contribution >= 4 is 33.6 Å². The van der Waals surface area contributed by atoms with Gasteiger partial charge >= 0.3 is 0 Å². The fourth-order valence-electron chi connectivity index (χ4n) is 3.70. The third-order valence-corrected chi connectivity index (χ3v) is 5.30. The maximum absolute atomic E-state index is 9.95. The average molecular weight is 456 g/mol. The van der Waals surface area contributed by atoms with Gasteiger partial charge in [-0.25, -0.2) is 4.98 Å². The monoisotopic (exact) mass is 455 g/mol. The van der Waals surface area contributed by atoms with Gasteiger partial charge in [-0.3, -0.25) is 0 Å². The predicted molar refractivity (Wildman–Crippen MR) is 132 cm³/mol. The Balaban J connectivity index is 1.32. The van der Waals surface area contributed by atoms with Gasteiger partial charge in [0.15, 0.2) is 11.2 Å². The average Bonchev–Trinajstić information content (AvgIpc) is 3.26. The molecule has 9 nitrogen and oxygen atoms in total. The van der Waals surface area contributed by atoms with Crippen molar-refractivity contribution in [3.05, 3.63) is 72.9 Å². The molecule has 2 N–H and O–H groups in total. The van der Waals surface area contributed by atoms with E-state index >= 15 is 0 Å². The molecule has 0 aliphatic heterocycles. The molecule has 34 heavy (non-hydrogen) atoms. The molecule has 1 atom stereocenters. The van der Waals surface area contributed by atoms with Crippen molar-refractivity contribution in [2.45, 2.75) is 6.10 Å². The van der Waals surface area contributed by atoms with Crippen LogP contribution in [0, 0.1) is 0 Å². The number of fused-ring (bicyclic) bond motifs is 2. The van der Waals surface area contributed by atoms with Crippen LogP contribution in [0.1, 0.15) is 0 Å². The van der Waals surface area contributed by atoms with E-state index in [2.05, 4.69) is 49.9 Å². The summed E-state index contributed by atoms with van der Waals surface area (Å²) >= 11 is 0. The molecule has 3 aromatic carbocycles. The summed E-state index contributed by atoms with van der Waals surface area (Å²) in [6, 6.07) is 21.7. The molecule has 5 aromatic rings. The molecule has 2 heterocycles. The minimum absolute atomic E-state index is 0.233. The van der Waals surface area contributed by atoms with Gasteiger partial charge in [-0.1, -0.05) is 35.5 Å². The summed E-state index contributed by atoms with van der Waals surface area (Å²) in [6.07, 6.45) is 1.10. The van der Waals surface area contributed by atoms with Gasteiger partial charge in [0.1, 0.15) is 18.5 Å². The summed E-state index contributed by atoms with van der Waals surface area (Å²) in [5, 5.41) is 23.9. The Bertz CT molecular complexity index is 1420. The van der Waals surface area contributed by atoms with Crippen LogP contribution >= 0.6 is 0 Å². The second-order valence-corrected chi connectivity index (χ2v) is 8.31. The summed E-state index contributed by atoms with van der Waals surface area (Å²) < 4.78 is 7.37. The van der Waals surface area contributed by atoms with Gasteiger partial charge in [-0.2, -0.15) is 9.67 Å². The summed E-state index contributed by atoms with van der Waals surface area (Å²) in [5.74, 6) is 1.12. The number of rotatable bonds is 8. The van der Waals surface area contributed by atoms with E-state index < -0.39 is 6.10 Å². The zero-order chi connectivity index (χ0) is 23.5. The zero-order valence-electron chi connectivity index (χ0n) is 19.0. The first-order valence-electron chi connectivity index (χ1n) is 11.0. The van der Waals surface area contributed by atoms with Crippen molar-refractivity contribution < 1.29 is 9.84 Å². The first-order valence-corrected chi connectivity index (χ1v) is 11.0. The molecule has 2 aromatic heterocycles. The van der Waals surface area contributed by atoms with Gasteiger partial charge in [-0.15, -0.1) is 5.10 Å². The van der Waals surface area contributed by atoms with Crippen LogP contribution in [-0.2, 0) is 0 Å². The highest BCUT2D eigenvalue weighted by molar-refractivity contribution is 5.85. The van der Waals surface area contributed by atoms with E-state index in [1.165, 1.54) is 0 Å². The highest BCUT2D eigenvalue weighted by Gasteiger charge is 2.11. The number of nitrogens with zero attached hydrogens (tertiary/aromatic N) is 6. The standard InChI is InChI=1S/C25H25N7O2/c1-31(2)15-21(33)16-34-22-11-8-19(9-12-22)27-25-26-14-23-24(28-25)32(30-29-23)20-10-7-17-5-3-4-6-18(17)13-20/h3-14,21,33H,15-16H2,1-2H3,(H,26,27,28). The van der Waals surface area contributed by atoms with E-state index in [0.29, 0.717) is 29.4 Å². The lowest BCUT2D eigenvalue weighted by atomic mass is 10.1. The molecule has 5 rings (SSSR count). The number of aromatic nitrogens is 5. The van der Waals surface area contributed by atoms with Crippen LogP contribution in [-0.4, -0.2) is 68.3 Å². The molecule has 172 valence electrons. The molecule has 9 heteroatoms.